The van der Waals surface area contributed by atoms with Crippen molar-refractivity contribution in [1.29, 1.82) is 0 Å². The maximum atomic E-state index is 5.97. The Hall–Kier alpha value is -1.54. The second kappa shape index (κ2) is 6.95. The van der Waals surface area contributed by atoms with Gasteiger partial charge in [-0.15, -0.1) is 0 Å². The molecule has 1 N–H and O–H groups in total. The van der Waals surface area contributed by atoms with Crippen molar-refractivity contribution in [3.63, 3.8) is 0 Å². The standard InChI is InChI=1S/C19H25NO/c1-2-20-19-9-5-8-16(19)12-13-21-18-11-10-15-6-3-4-7-17(15)14-18/h3-4,6-7,10-11,14,16,19-20H,2,5,8-9,12-13H2,1H3. The highest BCUT2D eigenvalue weighted by atomic mass is 16.5. The average Bonchev–Trinajstić information content (AvgIpc) is 2.95. The van der Waals surface area contributed by atoms with Crippen molar-refractivity contribution in [1.82, 2.24) is 5.32 Å². The third kappa shape index (κ3) is 3.56. The minimum Gasteiger partial charge on any atom is -0.494 e. The summed E-state index contributed by atoms with van der Waals surface area (Å²) in [7, 11) is 0. The van der Waals surface area contributed by atoms with Crippen LogP contribution in [0.4, 0.5) is 0 Å². The van der Waals surface area contributed by atoms with Gasteiger partial charge in [0.15, 0.2) is 0 Å². The van der Waals surface area contributed by atoms with Crippen LogP contribution in [0.15, 0.2) is 42.5 Å². The third-order valence-electron chi connectivity index (χ3n) is 4.60. The molecule has 2 unspecified atom stereocenters. The maximum Gasteiger partial charge on any atom is 0.119 e. The summed E-state index contributed by atoms with van der Waals surface area (Å²) >= 11 is 0. The number of hydrogen-bond donors (Lipinski definition) is 1. The van der Waals surface area contributed by atoms with Crippen molar-refractivity contribution >= 4 is 10.8 Å². The van der Waals surface area contributed by atoms with E-state index in [2.05, 4.69) is 54.7 Å². The van der Waals surface area contributed by atoms with Crippen molar-refractivity contribution in [3.8, 4) is 5.75 Å². The van der Waals surface area contributed by atoms with Gasteiger partial charge in [0, 0.05) is 6.04 Å². The number of rotatable bonds is 6. The number of nitrogens with one attached hydrogen (secondary N) is 1. The molecule has 2 aromatic carbocycles. The summed E-state index contributed by atoms with van der Waals surface area (Å²) in [4.78, 5) is 0. The first-order valence-electron chi connectivity index (χ1n) is 8.22. The van der Waals surface area contributed by atoms with E-state index in [1.807, 2.05) is 0 Å². The quantitative estimate of drug-likeness (QED) is 0.849. The minimum atomic E-state index is 0.704. The van der Waals surface area contributed by atoms with E-state index in [0.717, 1.165) is 31.2 Å². The van der Waals surface area contributed by atoms with Crippen LogP contribution in [-0.4, -0.2) is 19.2 Å². The Morgan fingerprint density at radius 1 is 1.10 bits per heavy atom. The molecule has 1 aliphatic rings. The summed E-state index contributed by atoms with van der Waals surface area (Å²) in [6.07, 6.45) is 5.19. The normalized spacial score (nSPS) is 21.8. The van der Waals surface area contributed by atoms with Gasteiger partial charge in [-0.05, 0) is 54.6 Å². The van der Waals surface area contributed by atoms with Crippen molar-refractivity contribution in [2.24, 2.45) is 5.92 Å². The summed E-state index contributed by atoms with van der Waals surface area (Å²) in [6.45, 7) is 4.10. The highest BCUT2D eigenvalue weighted by Crippen LogP contribution is 2.29. The first-order chi connectivity index (χ1) is 10.4. The highest BCUT2D eigenvalue weighted by molar-refractivity contribution is 5.83. The van der Waals surface area contributed by atoms with E-state index >= 15 is 0 Å². The smallest absolute Gasteiger partial charge is 0.119 e. The van der Waals surface area contributed by atoms with E-state index < -0.39 is 0 Å². The van der Waals surface area contributed by atoms with E-state index in [-0.39, 0.29) is 0 Å². The van der Waals surface area contributed by atoms with Crippen molar-refractivity contribution in [2.75, 3.05) is 13.2 Å². The van der Waals surface area contributed by atoms with Crippen LogP contribution < -0.4 is 10.1 Å². The Kier molecular flexibility index (Phi) is 4.76. The lowest BCUT2D eigenvalue weighted by molar-refractivity contribution is 0.261. The lowest BCUT2D eigenvalue weighted by Gasteiger charge is -2.20. The fourth-order valence-corrected chi connectivity index (χ4v) is 3.50. The van der Waals surface area contributed by atoms with Gasteiger partial charge < -0.3 is 10.1 Å². The summed E-state index contributed by atoms with van der Waals surface area (Å²) < 4.78 is 5.97. The van der Waals surface area contributed by atoms with Crippen LogP contribution in [0.2, 0.25) is 0 Å². The first kappa shape index (κ1) is 14.4. The van der Waals surface area contributed by atoms with Gasteiger partial charge in [-0.1, -0.05) is 43.7 Å². The molecular weight excluding hydrogens is 258 g/mol. The molecule has 2 atom stereocenters. The van der Waals surface area contributed by atoms with E-state index in [1.54, 1.807) is 0 Å². The molecule has 2 nitrogen and oxygen atoms in total. The van der Waals surface area contributed by atoms with Crippen molar-refractivity contribution in [2.45, 2.75) is 38.6 Å². The average molecular weight is 283 g/mol. The van der Waals surface area contributed by atoms with Gasteiger partial charge in [-0.3, -0.25) is 0 Å². The van der Waals surface area contributed by atoms with Crippen LogP contribution >= 0.6 is 0 Å². The van der Waals surface area contributed by atoms with Crippen LogP contribution in [0.3, 0.4) is 0 Å². The molecule has 0 aromatic heterocycles. The van der Waals surface area contributed by atoms with E-state index in [9.17, 15) is 0 Å². The zero-order valence-electron chi connectivity index (χ0n) is 12.8. The molecule has 0 bridgehead atoms. The number of fused-ring (bicyclic) bond motifs is 1. The van der Waals surface area contributed by atoms with Crippen molar-refractivity contribution in [3.05, 3.63) is 42.5 Å². The molecule has 1 saturated carbocycles. The summed E-state index contributed by atoms with van der Waals surface area (Å²) in [5.74, 6) is 1.78. The molecule has 0 amide bonds. The third-order valence-corrected chi connectivity index (χ3v) is 4.60. The molecular formula is C19H25NO. The van der Waals surface area contributed by atoms with Crippen LogP contribution in [-0.2, 0) is 0 Å². The number of ether oxygens (including phenoxy) is 1. The van der Waals surface area contributed by atoms with Gasteiger partial charge >= 0.3 is 0 Å². The highest BCUT2D eigenvalue weighted by Gasteiger charge is 2.25. The Balaban J connectivity index is 1.54. The molecule has 0 saturated heterocycles. The van der Waals surface area contributed by atoms with Crippen LogP contribution in [0.5, 0.6) is 5.75 Å². The molecule has 112 valence electrons. The van der Waals surface area contributed by atoms with Gasteiger partial charge in [0.05, 0.1) is 6.61 Å². The SMILES string of the molecule is CCNC1CCCC1CCOc1ccc2ccccc2c1. The molecule has 1 fully saturated rings. The topological polar surface area (TPSA) is 21.3 Å². The number of benzene rings is 2. The van der Waals surface area contributed by atoms with Gasteiger partial charge in [-0.25, -0.2) is 0 Å². The second-order valence-electron chi connectivity index (χ2n) is 6.00. The maximum absolute atomic E-state index is 5.97. The van der Waals surface area contributed by atoms with Crippen LogP contribution in [0.25, 0.3) is 10.8 Å². The molecule has 2 aromatic rings. The lowest BCUT2D eigenvalue weighted by atomic mass is 10.00. The number of hydrogen-bond acceptors (Lipinski definition) is 2. The molecule has 0 heterocycles. The summed E-state index contributed by atoms with van der Waals surface area (Å²) in [5.41, 5.74) is 0. The Labute approximate surface area is 127 Å². The Morgan fingerprint density at radius 3 is 2.81 bits per heavy atom. The molecule has 2 heteroatoms. The fourth-order valence-electron chi connectivity index (χ4n) is 3.50. The van der Waals surface area contributed by atoms with Crippen LogP contribution in [0.1, 0.15) is 32.6 Å². The van der Waals surface area contributed by atoms with E-state index in [0.29, 0.717) is 6.04 Å². The zero-order valence-corrected chi connectivity index (χ0v) is 12.8. The van der Waals surface area contributed by atoms with Gasteiger partial charge in [0.2, 0.25) is 0 Å². The van der Waals surface area contributed by atoms with Gasteiger partial charge in [0.25, 0.3) is 0 Å². The second-order valence-corrected chi connectivity index (χ2v) is 6.00. The largest absolute Gasteiger partial charge is 0.494 e. The predicted octanol–water partition coefficient (Wildman–Crippen LogP) is 4.39. The first-order valence-corrected chi connectivity index (χ1v) is 8.22. The van der Waals surface area contributed by atoms with E-state index in [1.165, 1.54) is 30.0 Å². The fraction of sp³-hybridized carbons (Fsp3) is 0.474. The summed E-state index contributed by atoms with van der Waals surface area (Å²) in [6, 6.07) is 15.5. The molecule has 0 aliphatic heterocycles. The zero-order chi connectivity index (χ0) is 14.5. The molecule has 21 heavy (non-hydrogen) atoms. The Bertz CT molecular complexity index is 581. The lowest BCUT2D eigenvalue weighted by Crippen LogP contribution is -2.32. The van der Waals surface area contributed by atoms with Crippen LogP contribution in [0, 0.1) is 5.92 Å². The molecule has 3 rings (SSSR count). The van der Waals surface area contributed by atoms with Gasteiger partial charge in [0.1, 0.15) is 5.75 Å². The minimum absolute atomic E-state index is 0.704. The molecule has 1 aliphatic carbocycles. The molecule has 0 radical (unpaired) electrons. The monoisotopic (exact) mass is 283 g/mol. The molecule has 0 spiro atoms. The van der Waals surface area contributed by atoms with Crippen molar-refractivity contribution < 1.29 is 4.74 Å². The van der Waals surface area contributed by atoms with E-state index in [4.69, 9.17) is 4.74 Å². The van der Waals surface area contributed by atoms with Gasteiger partial charge in [-0.2, -0.15) is 0 Å². The Morgan fingerprint density at radius 2 is 1.95 bits per heavy atom. The predicted molar refractivity (Wildman–Crippen MR) is 88.9 cm³/mol. The summed E-state index contributed by atoms with van der Waals surface area (Å²) in [5, 5.41) is 6.13.